The Hall–Kier alpha value is -2.14. The number of carboxylic acid groups (broad SMARTS) is 1. The van der Waals surface area contributed by atoms with Crippen molar-refractivity contribution in [1.29, 1.82) is 0 Å². The van der Waals surface area contributed by atoms with Crippen LogP contribution in [0.4, 0.5) is 0 Å². The summed E-state index contributed by atoms with van der Waals surface area (Å²) < 4.78 is 0. The molecule has 0 aliphatic carbocycles. The molecule has 1 amide bonds. The van der Waals surface area contributed by atoms with E-state index in [0.717, 1.165) is 5.56 Å². The van der Waals surface area contributed by atoms with Crippen molar-refractivity contribution < 1.29 is 14.7 Å². The summed E-state index contributed by atoms with van der Waals surface area (Å²) in [6.45, 7) is 6.91. The molecule has 0 radical (unpaired) electrons. The van der Waals surface area contributed by atoms with Crippen LogP contribution in [-0.2, 0) is 16.1 Å². The summed E-state index contributed by atoms with van der Waals surface area (Å²) in [6.07, 6.45) is 1.60. The van der Waals surface area contributed by atoms with Crippen LogP contribution < -0.4 is 0 Å². The van der Waals surface area contributed by atoms with Gasteiger partial charge in [0.1, 0.15) is 0 Å². The van der Waals surface area contributed by atoms with Crippen LogP contribution in [0.3, 0.4) is 0 Å². The predicted octanol–water partition coefficient (Wildman–Crippen LogP) is 1.61. The summed E-state index contributed by atoms with van der Waals surface area (Å²) in [4.78, 5) is 26.4. The van der Waals surface area contributed by atoms with Crippen molar-refractivity contribution in [2.45, 2.75) is 13.5 Å². The quantitative estimate of drug-likeness (QED) is 0.702. The lowest BCUT2D eigenvalue weighted by molar-refractivity contribution is -0.139. The molecular weight excluding hydrogens is 268 g/mol. The Morgan fingerprint density at radius 3 is 2.43 bits per heavy atom. The average molecular weight is 290 g/mol. The summed E-state index contributed by atoms with van der Waals surface area (Å²) in [5, 5.41) is 8.85. The van der Waals surface area contributed by atoms with Crippen LogP contribution >= 0.6 is 0 Å². The molecule has 0 aliphatic rings. The zero-order valence-electron chi connectivity index (χ0n) is 12.4. The smallest absolute Gasteiger partial charge is 0.317 e. The van der Waals surface area contributed by atoms with Gasteiger partial charge in [-0.1, -0.05) is 36.4 Å². The number of hydrogen-bond acceptors (Lipinski definition) is 3. The molecule has 1 rings (SSSR count). The lowest BCUT2D eigenvalue weighted by Gasteiger charge is -2.25. The Balaban J connectivity index is 2.64. The summed E-state index contributed by atoms with van der Waals surface area (Å²) >= 11 is 0. The minimum atomic E-state index is -0.948. The van der Waals surface area contributed by atoms with Gasteiger partial charge in [-0.3, -0.25) is 14.5 Å². The molecule has 0 heterocycles. The minimum absolute atomic E-state index is 0.0792. The maximum absolute atomic E-state index is 12.3. The number of amides is 1. The second kappa shape index (κ2) is 8.92. The van der Waals surface area contributed by atoms with E-state index in [2.05, 4.69) is 6.58 Å². The van der Waals surface area contributed by atoms with Gasteiger partial charge in [0.05, 0.1) is 13.1 Å². The highest BCUT2D eigenvalue weighted by atomic mass is 16.4. The SMILES string of the molecule is C=CCN(CC(=O)O)CC(=O)N(CC)Cc1ccccc1. The molecule has 5 heteroatoms. The fourth-order valence-corrected chi connectivity index (χ4v) is 2.03. The first-order valence-corrected chi connectivity index (χ1v) is 6.93. The molecule has 1 N–H and O–H groups in total. The second-order valence-corrected chi connectivity index (χ2v) is 4.75. The third-order valence-corrected chi connectivity index (χ3v) is 3.06. The number of aliphatic carboxylic acids is 1. The molecule has 0 fully saturated rings. The summed E-state index contributed by atoms with van der Waals surface area (Å²) in [7, 11) is 0. The van der Waals surface area contributed by atoms with E-state index in [1.54, 1.807) is 15.9 Å². The van der Waals surface area contributed by atoms with Gasteiger partial charge < -0.3 is 10.0 Å². The highest BCUT2D eigenvalue weighted by Gasteiger charge is 2.17. The standard InChI is InChI=1S/C16H22N2O3/c1-3-10-17(13-16(20)21)12-15(19)18(4-2)11-14-8-6-5-7-9-14/h3,5-9H,1,4,10-13H2,2H3,(H,20,21). The molecule has 1 aromatic carbocycles. The zero-order chi connectivity index (χ0) is 15.7. The molecule has 0 spiro atoms. The molecule has 114 valence electrons. The molecule has 21 heavy (non-hydrogen) atoms. The van der Waals surface area contributed by atoms with E-state index in [9.17, 15) is 9.59 Å². The molecular formula is C16H22N2O3. The van der Waals surface area contributed by atoms with Crippen molar-refractivity contribution in [3.63, 3.8) is 0 Å². The number of carboxylic acids is 1. The number of carbonyl (C=O) groups is 2. The first-order valence-electron chi connectivity index (χ1n) is 6.93. The normalized spacial score (nSPS) is 10.4. The highest BCUT2D eigenvalue weighted by molar-refractivity contribution is 5.79. The van der Waals surface area contributed by atoms with Gasteiger partial charge in [-0.2, -0.15) is 0 Å². The Morgan fingerprint density at radius 2 is 1.90 bits per heavy atom. The summed E-state index contributed by atoms with van der Waals surface area (Å²) in [6, 6.07) is 9.73. The van der Waals surface area contributed by atoms with Gasteiger partial charge in [-0.25, -0.2) is 0 Å². The third kappa shape index (κ3) is 6.23. The van der Waals surface area contributed by atoms with Gasteiger partial charge in [-0.15, -0.1) is 6.58 Å². The van der Waals surface area contributed by atoms with Crippen molar-refractivity contribution >= 4 is 11.9 Å². The van der Waals surface area contributed by atoms with Crippen molar-refractivity contribution in [1.82, 2.24) is 9.80 Å². The molecule has 0 atom stereocenters. The monoisotopic (exact) mass is 290 g/mol. The number of rotatable bonds is 9. The van der Waals surface area contributed by atoms with Crippen molar-refractivity contribution in [2.75, 3.05) is 26.2 Å². The number of likely N-dealkylation sites (N-methyl/N-ethyl adjacent to an activating group) is 1. The van der Waals surface area contributed by atoms with Gasteiger partial charge >= 0.3 is 5.97 Å². The Morgan fingerprint density at radius 1 is 1.24 bits per heavy atom. The number of benzene rings is 1. The van der Waals surface area contributed by atoms with Gasteiger partial charge in [0, 0.05) is 19.6 Å². The Bertz CT molecular complexity index is 474. The van der Waals surface area contributed by atoms with Crippen LogP contribution in [0.1, 0.15) is 12.5 Å². The van der Waals surface area contributed by atoms with E-state index >= 15 is 0 Å². The molecule has 1 aromatic rings. The van der Waals surface area contributed by atoms with Crippen molar-refractivity contribution in [3.05, 3.63) is 48.6 Å². The van der Waals surface area contributed by atoms with Crippen LogP contribution in [0.2, 0.25) is 0 Å². The van der Waals surface area contributed by atoms with E-state index in [1.165, 1.54) is 0 Å². The first kappa shape index (κ1) is 16.9. The number of nitrogens with zero attached hydrogens (tertiary/aromatic N) is 2. The number of hydrogen-bond donors (Lipinski definition) is 1. The molecule has 0 saturated carbocycles. The lowest BCUT2D eigenvalue weighted by Crippen LogP contribution is -2.41. The molecule has 0 saturated heterocycles. The second-order valence-electron chi connectivity index (χ2n) is 4.75. The highest BCUT2D eigenvalue weighted by Crippen LogP contribution is 2.05. The molecule has 5 nitrogen and oxygen atoms in total. The largest absolute Gasteiger partial charge is 0.480 e. The summed E-state index contributed by atoms with van der Waals surface area (Å²) in [5.74, 6) is -1.03. The molecule has 0 aliphatic heterocycles. The third-order valence-electron chi connectivity index (χ3n) is 3.06. The maximum atomic E-state index is 12.3. The van der Waals surface area contributed by atoms with Crippen molar-refractivity contribution in [3.8, 4) is 0 Å². The van der Waals surface area contributed by atoms with E-state index in [4.69, 9.17) is 5.11 Å². The number of carbonyl (C=O) groups excluding carboxylic acids is 1. The van der Waals surface area contributed by atoms with Gasteiger partial charge in [0.2, 0.25) is 5.91 Å². The molecule has 0 aromatic heterocycles. The van der Waals surface area contributed by atoms with Gasteiger partial charge in [-0.05, 0) is 12.5 Å². The molecule has 0 unspecified atom stereocenters. The van der Waals surface area contributed by atoms with Crippen LogP contribution in [-0.4, -0.2) is 53.0 Å². The van der Waals surface area contributed by atoms with Crippen LogP contribution in [0.15, 0.2) is 43.0 Å². The maximum Gasteiger partial charge on any atom is 0.317 e. The van der Waals surface area contributed by atoms with E-state index < -0.39 is 5.97 Å². The van der Waals surface area contributed by atoms with E-state index in [-0.39, 0.29) is 19.0 Å². The van der Waals surface area contributed by atoms with Gasteiger partial charge in [0.15, 0.2) is 0 Å². The van der Waals surface area contributed by atoms with Crippen molar-refractivity contribution in [2.24, 2.45) is 0 Å². The van der Waals surface area contributed by atoms with Crippen LogP contribution in [0, 0.1) is 0 Å². The minimum Gasteiger partial charge on any atom is -0.480 e. The summed E-state index contributed by atoms with van der Waals surface area (Å²) in [5.41, 5.74) is 1.06. The Kier molecular flexibility index (Phi) is 7.18. The fraction of sp³-hybridized carbons (Fsp3) is 0.375. The predicted molar refractivity (Wildman–Crippen MR) is 81.8 cm³/mol. The van der Waals surface area contributed by atoms with Gasteiger partial charge in [0.25, 0.3) is 0 Å². The zero-order valence-corrected chi connectivity index (χ0v) is 12.4. The van der Waals surface area contributed by atoms with Crippen LogP contribution in [0.25, 0.3) is 0 Å². The topological polar surface area (TPSA) is 60.9 Å². The Labute approximate surface area is 125 Å². The average Bonchev–Trinajstić information content (AvgIpc) is 2.45. The van der Waals surface area contributed by atoms with E-state index in [1.807, 2.05) is 37.3 Å². The van der Waals surface area contributed by atoms with E-state index in [0.29, 0.717) is 19.6 Å². The van der Waals surface area contributed by atoms with Crippen LogP contribution in [0.5, 0.6) is 0 Å². The lowest BCUT2D eigenvalue weighted by atomic mass is 10.2. The fourth-order valence-electron chi connectivity index (χ4n) is 2.03. The molecule has 0 bridgehead atoms. The first-order chi connectivity index (χ1) is 10.1.